The molecule has 0 saturated carbocycles. The highest BCUT2D eigenvalue weighted by Crippen LogP contribution is 2.28. The molecule has 1 aliphatic rings. The average Bonchev–Trinajstić information content (AvgIpc) is 2.48. The molecule has 0 spiro atoms. The van der Waals surface area contributed by atoms with E-state index in [0.29, 0.717) is 36.4 Å². The van der Waals surface area contributed by atoms with Crippen LogP contribution in [0.25, 0.3) is 0 Å². The van der Waals surface area contributed by atoms with Crippen molar-refractivity contribution < 1.29 is 14.3 Å². The summed E-state index contributed by atoms with van der Waals surface area (Å²) >= 11 is 0. The zero-order valence-electron chi connectivity index (χ0n) is 11.1. The van der Waals surface area contributed by atoms with E-state index < -0.39 is 0 Å². The van der Waals surface area contributed by atoms with E-state index in [1.54, 1.807) is 18.2 Å². The van der Waals surface area contributed by atoms with Crippen molar-refractivity contribution in [1.29, 1.82) is 5.26 Å². The number of hydrogen-bond donors (Lipinski definition) is 2. The van der Waals surface area contributed by atoms with Gasteiger partial charge in [0.05, 0.1) is 18.6 Å². The third kappa shape index (κ3) is 2.88. The molecule has 1 aromatic rings. The summed E-state index contributed by atoms with van der Waals surface area (Å²) in [4.78, 5) is 23.3. The van der Waals surface area contributed by atoms with Crippen molar-refractivity contribution in [2.24, 2.45) is 5.92 Å². The number of nitrogens with zero attached hydrogens (tertiary/aromatic N) is 1. The quantitative estimate of drug-likeness (QED) is 0.860. The third-order valence-corrected chi connectivity index (χ3v) is 3.25. The van der Waals surface area contributed by atoms with Crippen LogP contribution in [-0.2, 0) is 9.59 Å². The summed E-state index contributed by atoms with van der Waals surface area (Å²) in [5, 5.41) is 14.5. The predicted octanol–water partition coefficient (Wildman–Crippen LogP) is 1.03. The van der Waals surface area contributed by atoms with Crippen molar-refractivity contribution in [3.63, 3.8) is 0 Å². The Morgan fingerprint density at radius 1 is 1.55 bits per heavy atom. The van der Waals surface area contributed by atoms with Crippen molar-refractivity contribution in [3.8, 4) is 11.8 Å². The molecule has 0 bridgehead atoms. The van der Waals surface area contributed by atoms with Gasteiger partial charge in [0.25, 0.3) is 0 Å². The summed E-state index contributed by atoms with van der Waals surface area (Å²) in [5.41, 5.74) is 0.719. The fourth-order valence-electron chi connectivity index (χ4n) is 2.11. The van der Waals surface area contributed by atoms with Crippen molar-refractivity contribution in [2.45, 2.75) is 12.8 Å². The maximum atomic E-state index is 12.2. The van der Waals surface area contributed by atoms with Crippen LogP contribution in [0.4, 0.5) is 5.69 Å². The minimum atomic E-state index is -0.288. The highest BCUT2D eigenvalue weighted by Gasteiger charge is 2.25. The fourth-order valence-corrected chi connectivity index (χ4v) is 2.11. The average molecular weight is 273 g/mol. The number of benzene rings is 1. The Balaban J connectivity index is 2.15. The number of carbonyl (C=O) groups excluding carboxylic acids is 2. The van der Waals surface area contributed by atoms with Gasteiger partial charge in [-0.25, -0.2) is 0 Å². The van der Waals surface area contributed by atoms with Crippen LogP contribution in [0.3, 0.4) is 0 Å². The molecule has 1 heterocycles. The van der Waals surface area contributed by atoms with E-state index in [-0.39, 0.29) is 17.7 Å². The van der Waals surface area contributed by atoms with E-state index >= 15 is 0 Å². The summed E-state index contributed by atoms with van der Waals surface area (Å²) < 4.78 is 5.16. The normalized spacial score (nSPS) is 17.8. The van der Waals surface area contributed by atoms with Crippen LogP contribution in [0.1, 0.15) is 18.4 Å². The molecule has 20 heavy (non-hydrogen) atoms. The molecule has 1 saturated heterocycles. The van der Waals surface area contributed by atoms with E-state index in [1.807, 2.05) is 6.07 Å². The van der Waals surface area contributed by atoms with E-state index in [2.05, 4.69) is 10.6 Å². The van der Waals surface area contributed by atoms with Crippen LogP contribution < -0.4 is 15.4 Å². The van der Waals surface area contributed by atoms with E-state index in [9.17, 15) is 9.59 Å². The Labute approximate surface area is 116 Å². The van der Waals surface area contributed by atoms with E-state index in [0.717, 1.165) is 0 Å². The second-order valence-corrected chi connectivity index (χ2v) is 4.52. The first-order chi connectivity index (χ1) is 9.65. The third-order valence-electron chi connectivity index (χ3n) is 3.25. The lowest BCUT2D eigenvalue weighted by atomic mass is 9.98. The molecule has 1 unspecified atom stereocenters. The van der Waals surface area contributed by atoms with Crippen molar-refractivity contribution in [2.75, 3.05) is 19.0 Å². The molecule has 0 radical (unpaired) electrons. The monoisotopic (exact) mass is 273 g/mol. The summed E-state index contributed by atoms with van der Waals surface area (Å²) in [7, 11) is 1.48. The maximum Gasteiger partial charge on any atom is 0.229 e. The number of methoxy groups -OCH3 is 1. The van der Waals surface area contributed by atoms with Gasteiger partial charge in [-0.3, -0.25) is 9.59 Å². The number of nitriles is 1. The number of piperidine rings is 1. The first kappa shape index (κ1) is 13.9. The Morgan fingerprint density at radius 3 is 2.95 bits per heavy atom. The Bertz CT molecular complexity index is 568. The van der Waals surface area contributed by atoms with Gasteiger partial charge in [0, 0.05) is 13.0 Å². The zero-order chi connectivity index (χ0) is 14.5. The molecular formula is C14H15N3O3. The van der Waals surface area contributed by atoms with Crippen molar-refractivity contribution in [1.82, 2.24) is 5.32 Å². The molecule has 0 aromatic heterocycles. The lowest BCUT2D eigenvalue weighted by Gasteiger charge is -2.22. The van der Waals surface area contributed by atoms with Gasteiger partial charge in [-0.15, -0.1) is 0 Å². The second-order valence-electron chi connectivity index (χ2n) is 4.52. The predicted molar refractivity (Wildman–Crippen MR) is 72.1 cm³/mol. The molecule has 1 atom stereocenters. The zero-order valence-corrected chi connectivity index (χ0v) is 11.1. The molecule has 6 heteroatoms. The number of nitrogens with one attached hydrogen (secondary N) is 2. The molecule has 2 N–H and O–H groups in total. The van der Waals surface area contributed by atoms with Gasteiger partial charge in [0.15, 0.2) is 0 Å². The van der Waals surface area contributed by atoms with Gasteiger partial charge in [-0.05, 0) is 18.6 Å². The van der Waals surface area contributed by atoms with Crippen LogP contribution in [-0.4, -0.2) is 25.5 Å². The SMILES string of the molecule is COc1cccc(C#N)c1NC(=O)C1CCC(=O)NC1. The van der Waals surface area contributed by atoms with Gasteiger partial charge in [0.1, 0.15) is 17.5 Å². The molecular weight excluding hydrogens is 258 g/mol. The Morgan fingerprint density at radius 2 is 2.35 bits per heavy atom. The van der Waals surface area contributed by atoms with E-state index in [4.69, 9.17) is 10.00 Å². The number of amides is 2. The largest absolute Gasteiger partial charge is 0.495 e. The van der Waals surface area contributed by atoms with Crippen LogP contribution in [0, 0.1) is 17.2 Å². The maximum absolute atomic E-state index is 12.2. The lowest BCUT2D eigenvalue weighted by Crippen LogP contribution is -2.40. The number of para-hydroxylation sites is 1. The molecule has 0 aliphatic carbocycles. The highest BCUT2D eigenvalue weighted by molar-refractivity contribution is 5.96. The standard InChI is InChI=1S/C14H15N3O3/c1-20-11-4-2-3-9(7-15)13(11)17-14(19)10-5-6-12(18)16-8-10/h2-4,10H,5-6,8H2,1H3,(H,16,18)(H,17,19). The lowest BCUT2D eigenvalue weighted by molar-refractivity contribution is -0.126. The first-order valence-corrected chi connectivity index (χ1v) is 6.30. The number of carbonyl (C=O) groups is 2. The summed E-state index contributed by atoms with van der Waals surface area (Å²) in [6.45, 7) is 0.321. The summed E-state index contributed by atoms with van der Waals surface area (Å²) in [6, 6.07) is 7.00. The minimum absolute atomic E-state index is 0.0379. The van der Waals surface area contributed by atoms with Gasteiger partial charge >= 0.3 is 0 Å². The fraction of sp³-hybridized carbons (Fsp3) is 0.357. The molecule has 6 nitrogen and oxygen atoms in total. The minimum Gasteiger partial charge on any atom is -0.495 e. The second kappa shape index (κ2) is 6.06. The number of hydrogen-bond acceptors (Lipinski definition) is 4. The van der Waals surface area contributed by atoms with Gasteiger partial charge in [0.2, 0.25) is 11.8 Å². The molecule has 1 aliphatic heterocycles. The summed E-state index contributed by atoms with van der Waals surface area (Å²) in [6.07, 6.45) is 0.851. The van der Waals surface area contributed by atoms with Crippen LogP contribution >= 0.6 is 0 Å². The topological polar surface area (TPSA) is 91.2 Å². The molecule has 2 rings (SSSR count). The van der Waals surface area contributed by atoms with Crippen molar-refractivity contribution in [3.05, 3.63) is 23.8 Å². The molecule has 2 amide bonds. The number of ether oxygens (including phenoxy) is 1. The van der Waals surface area contributed by atoms with Crippen LogP contribution in [0.2, 0.25) is 0 Å². The van der Waals surface area contributed by atoms with Gasteiger partial charge in [-0.1, -0.05) is 6.07 Å². The van der Waals surface area contributed by atoms with Gasteiger partial charge < -0.3 is 15.4 Å². The number of anilines is 1. The Hall–Kier alpha value is -2.55. The Kier molecular flexibility index (Phi) is 4.20. The molecule has 104 valence electrons. The van der Waals surface area contributed by atoms with Gasteiger partial charge in [-0.2, -0.15) is 5.26 Å². The number of rotatable bonds is 3. The van der Waals surface area contributed by atoms with E-state index in [1.165, 1.54) is 7.11 Å². The summed E-state index contributed by atoms with van der Waals surface area (Å²) in [5.74, 6) is -0.101. The molecule has 1 aromatic carbocycles. The van der Waals surface area contributed by atoms with Crippen molar-refractivity contribution >= 4 is 17.5 Å². The molecule has 1 fully saturated rings. The van der Waals surface area contributed by atoms with Crippen LogP contribution in [0.15, 0.2) is 18.2 Å². The highest BCUT2D eigenvalue weighted by atomic mass is 16.5. The smallest absolute Gasteiger partial charge is 0.229 e. The van der Waals surface area contributed by atoms with Crippen LogP contribution in [0.5, 0.6) is 5.75 Å². The first-order valence-electron chi connectivity index (χ1n) is 6.30.